The Morgan fingerprint density at radius 3 is 2.30 bits per heavy atom. The zero-order valence-electron chi connectivity index (χ0n) is 21.8. The SMILES string of the molecule is C=C1C2C(CCc3cc(C(F)(F)F)ccc3-c3c(-c4ccccc4)ccc[n+]31)c1ccccc1-c1cccc[n+]12. The summed E-state index contributed by atoms with van der Waals surface area (Å²) in [5.41, 5.74) is 8.06. The van der Waals surface area contributed by atoms with Gasteiger partial charge in [0.05, 0.1) is 22.6 Å². The summed E-state index contributed by atoms with van der Waals surface area (Å²) in [6, 6.07) is 32.7. The maximum atomic E-state index is 13.9. The lowest BCUT2D eigenvalue weighted by Crippen LogP contribution is -2.53. The van der Waals surface area contributed by atoms with Crippen LogP contribution in [0, 0.1) is 0 Å². The van der Waals surface area contributed by atoms with E-state index in [0.717, 1.165) is 39.3 Å². The lowest BCUT2D eigenvalue weighted by Gasteiger charge is -2.29. The van der Waals surface area contributed by atoms with Gasteiger partial charge in [-0.3, -0.25) is 0 Å². The van der Waals surface area contributed by atoms with Crippen molar-refractivity contribution >= 4 is 5.70 Å². The average Bonchev–Trinajstić information content (AvgIpc) is 3.03. The molecular weight excluding hydrogens is 505 g/mol. The molecule has 2 nitrogen and oxygen atoms in total. The van der Waals surface area contributed by atoms with Gasteiger partial charge in [0.15, 0.2) is 12.4 Å². The molecule has 0 saturated carbocycles. The van der Waals surface area contributed by atoms with Crippen LogP contribution in [0.2, 0.25) is 0 Å². The number of alkyl halides is 3. The van der Waals surface area contributed by atoms with Crippen LogP contribution in [0.5, 0.6) is 0 Å². The van der Waals surface area contributed by atoms with Gasteiger partial charge in [-0.15, -0.1) is 0 Å². The predicted octanol–water partition coefficient (Wildman–Crippen LogP) is 8.04. The standard InChI is InChI=1S/C35H27F3N2/c1-23-33-31(29-12-5-6-13-30(29)32-15-7-8-20-40(32)33)18-16-25-22-26(35(36,37)38)17-19-28(25)34-27(14-9-21-39(23)34)24-10-3-2-4-11-24/h2-15,17,19-22,31,33H,1,16,18H2/q+2. The van der Waals surface area contributed by atoms with Gasteiger partial charge in [-0.25, -0.2) is 0 Å². The van der Waals surface area contributed by atoms with Gasteiger partial charge in [-0.2, -0.15) is 22.3 Å². The van der Waals surface area contributed by atoms with Crippen molar-refractivity contribution in [2.24, 2.45) is 0 Å². The lowest BCUT2D eigenvalue weighted by molar-refractivity contribution is -0.727. The summed E-state index contributed by atoms with van der Waals surface area (Å²) in [4.78, 5) is 0. The first kappa shape index (κ1) is 24.5. The van der Waals surface area contributed by atoms with Gasteiger partial charge in [0.25, 0.3) is 0 Å². The third kappa shape index (κ3) is 3.88. The Morgan fingerprint density at radius 1 is 0.725 bits per heavy atom. The fraction of sp³-hybridized carbons (Fsp3) is 0.143. The number of fused-ring (bicyclic) bond motifs is 9. The number of aryl methyl sites for hydroxylation is 1. The number of pyridine rings is 2. The molecule has 0 radical (unpaired) electrons. The lowest BCUT2D eigenvalue weighted by atomic mass is 9.78. The van der Waals surface area contributed by atoms with Crippen LogP contribution >= 0.6 is 0 Å². The van der Waals surface area contributed by atoms with E-state index in [1.807, 2.05) is 72.9 Å². The van der Waals surface area contributed by atoms with Crippen molar-refractivity contribution in [3.8, 4) is 33.6 Å². The number of allylic oxidation sites excluding steroid dienone is 1. The van der Waals surface area contributed by atoms with Gasteiger partial charge in [-0.05, 0) is 72.5 Å². The fourth-order valence-corrected chi connectivity index (χ4v) is 6.59. The molecule has 2 atom stereocenters. The smallest absolute Gasteiger partial charge is 0.184 e. The summed E-state index contributed by atoms with van der Waals surface area (Å²) in [6.07, 6.45) is 0.875. The normalized spacial score (nSPS) is 17.7. The van der Waals surface area contributed by atoms with Crippen LogP contribution in [-0.4, -0.2) is 0 Å². The summed E-state index contributed by atoms with van der Waals surface area (Å²) in [7, 11) is 0. The minimum absolute atomic E-state index is 0.0322. The van der Waals surface area contributed by atoms with Gasteiger partial charge in [-0.1, -0.05) is 48.5 Å². The number of hydrogen-bond acceptors (Lipinski definition) is 0. The summed E-state index contributed by atoms with van der Waals surface area (Å²) in [6.45, 7) is 4.68. The minimum Gasteiger partial charge on any atom is -0.184 e. The quantitative estimate of drug-likeness (QED) is 0.193. The monoisotopic (exact) mass is 532 g/mol. The number of rotatable bonds is 1. The van der Waals surface area contributed by atoms with Crippen molar-refractivity contribution in [1.29, 1.82) is 0 Å². The van der Waals surface area contributed by atoms with Crippen molar-refractivity contribution in [3.05, 3.63) is 139 Å². The van der Waals surface area contributed by atoms with E-state index in [1.54, 1.807) is 6.07 Å². The van der Waals surface area contributed by atoms with Crippen LogP contribution in [0.25, 0.3) is 39.3 Å². The van der Waals surface area contributed by atoms with Crippen molar-refractivity contribution in [1.82, 2.24) is 0 Å². The highest BCUT2D eigenvalue weighted by molar-refractivity contribution is 5.81. The Labute approximate surface area is 231 Å². The molecule has 0 spiro atoms. The molecular formula is C35H27F3N2+2. The number of nitrogens with zero attached hydrogens (tertiary/aromatic N) is 2. The molecule has 5 aromatic rings. The maximum absolute atomic E-state index is 13.9. The molecule has 5 heteroatoms. The first-order valence-corrected chi connectivity index (χ1v) is 13.5. The highest BCUT2D eigenvalue weighted by Crippen LogP contribution is 2.46. The van der Waals surface area contributed by atoms with E-state index in [0.29, 0.717) is 18.4 Å². The van der Waals surface area contributed by atoms with Crippen molar-refractivity contribution in [3.63, 3.8) is 0 Å². The van der Waals surface area contributed by atoms with Crippen LogP contribution in [0.1, 0.15) is 35.1 Å². The van der Waals surface area contributed by atoms with E-state index in [9.17, 15) is 13.2 Å². The number of halogens is 3. The number of aromatic nitrogens is 2. The summed E-state index contributed by atoms with van der Waals surface area (Å²) >= 11 is 0. The maximum Gasteiger partial charge on any atom is 0.416 e. The van der Waals surface area contributed by atoms with E-state index in [1.165, 1.54) is 17.7 Å². The Morgan fingerprint density at radius 2 is 1.48 bits per heavy atom. The molecule has 0 fully saturated rings. The van der Waals surface area contributed by atoms with Gasteiger partial charge in [0.2, 0.25) is 23.1 Å². The molecule has 2 unspecified atom stereocenters. The third-order valence-corrected chi connectivity index (χ3v) is 8.35. The number of hydrogen-bond donors (Lipinski definition) is 0. The van der Waals surface area contributed by atoms with Crippen LogP contribution < -0.4 is 9.13 Å². The molecule has 0 amide bonds. The fourth-order valence-electron chi connectivity index (χ4n) is 6.59. The summed E-state index contributed by atoms with van der Waals surface area (Å²) < 4.78 is 46.2. The van der Waals surface area contributed by atoms with Crippen LogP contribution in [0.3, 0.4) is 0 Å². The second-order valence-electron chi connectivity index (χ2n) is 10.5. The van der Waals surface area contributed by atoms with E-state index in [-0.39, 0.29) is 12.0 Å². The minimum atomic E-state index is -4.42. The second-order valence-corrected chi connectivity index (χ2v) is 10.5. The molecule has 4 heterocycles. The van der Waals surface area contributed by atoms with Crippen molar-refractivity contribution in [2.75, 3.05) is 0 Å². The Bertz CT molecular complexity index is 1770. The first-order chi connectivity index (χ1) is 19.4. The van der Waals surface area contributed by atoms with E-state index >= 15 is 0 Å². The van der Waals surface area contributed by atoms with Crippen molar-refractivity contribution in [2.45, 2.75) is 31.0 Å². The van der Waals surface area contributed by atoms with Gasteiger partial charge in [0, 0.05) is 23.8 Å². The average molecular weight is 533 g/mol. The first-order valence-electron chi connectivity index (χ1n) is 13.5. The molecule has 0 aliphatic carbocycles. The van der Waals surface area contributed by atoms with Crippen molar-refractivity contribution < 1.29 is 22.3 Å². The molecule has 7 rings (SSSR count). The van der Waals surface area contributed by atoms with E-state index < -0.39 is 11.7 Å². The highest BCUT2D eigenvalue weighted by atomic mass is 19.4. The van der Waals surface area contributed by atoms with Crippen LogP contribution in [0.15, 0.2) is 122 Å². The Balaban J connectivity index is 1.54. The highest BCUT2D eigenvalue weighted by Gasteiger charge is 2.47. The zero-order chi connectivity index (χ0) is 27.4. The van der Waals surface area contributed by atoms with Crippen LogP contribution in [-0.2, 0) is 12.6 Å². The molecule has 2 aliphatic heterocycles. The Kier molecular flexibility index (Phi) is 5.70. The van der Waals surface area contributed by atoms with Gasteiger partial charge in [0.1, 0.15) is 0 Å². The Hall–Kier alpha value is -4.51. The second kappa shape index (κ2) is 9.30. The van der Waals surface area contributed by atoms with E-state index in [2.05, 4.69) is 40.1 Å². The molecule has 0 N–H and O–H groups in total. The molecule has 2 aromatic heterocycles. The summed E-state index contributed by atoms with van der Waals surface area (Å²) in [5.74, 6) is 0.0322. The molecule has 2 aliphatic rings. The zero-order valence-corrected chi connectivity index (χ0v) is 21.8. The van der Waals surface area contributed by atoms with Gasteiger partial charge < -0.3 is 0 Å². The third-order valence-electron chi connectivity index (χ3n) is 8.35. The number of benzene rings is 3. The molecule has 3 aromatic carbocycles. The van der Waals surface area contributed by atoms with E-state index in [4.69, 9.17) is 0 Å². The molecule has 40 heavy (non-hydrogen) atoms. The predicted molar refractivity (Wildman–Crippen MR) is 150 cm³/mol. The largest absolute Gasteiger partial charge is 0.416 e. The molecule has 0 saturated heterocycles. The summed E-state index contributed by atoms with van der Waals surface area (Å²) in [5, 5.41) is 0. The molecule has 196 valence electrons. The van der Waals surface area contributed by atoms with Crippen LogP contribution in [0.4, 0.5) is 13.2 Å². The molecule has 0 bridgehead atoms. The van der Waals surface area contributed by atoms with Gasteiger partial charge >= 0.3 is 6.18 Å². The topological polar surface area (TPSA) is 7.76 Å².